The van der Waals surface area contributed by atoms with Crippen LogP contribution < -0.4 is 76.9 Å². The highest BCUT2D eigenvalue weighted by atomic mass is 16.4. The van der Waals surface area contributed by atoms with E-state index in [1.165, 1.54) is 24.3 Å². The zero-order chi connectivity index (χ0) is 56.3. The number of carbonyl (C=O) groups excluding carboxylic acids is 8. The summed E-state index contributed by atoms with van der Waals surface area (Å²) in [4.78, 5) is 115. The number of benzene rings is 4. The van der Waals surface area contributed by atoms with E-state index in [0.29, 0.717) is 96.9 Å². The molecule has 2 aliphatic heterocycles. The number of carboxylic acid groups (broad SMARTS) is 1. The maximum absolute atomic E-state index is 13.5. The molecule has 4 aromatic rings. The van der Waals surface area contributed by atoms with E-state index in [1.807, 2.05) is 13.8 Å². The van der Waals surface area contributed by atoms with Crippen LogP contribution in [0.5, 0.6) is 0 Å². The third kappa shape index (κ3) is 16.9. The third-order valence-corrected chi connectivity index (χ3v) is 13.0. The fourth-order valence-corrected chi connectivity index (χ4v) is 8.38. The second-order valence-electron chi connectivity index (χ2n) is 18.8. The summed E-state index contributed by atoms with van der Waals surface area (Å²) in [6.45, 7) is 4.98. The Morgan fingerprint density at radius 3 is 1.43 bits per heavy atom. The molecular formula is C53H70N14O10. The first-order valence-corrected chi connectivity index (χ1v) is 25.3. The maximum Gasteiger partial charge on any atom is 0.303 e. The Hall–Kier alpha value is -8.77. The molecule has 4 aromatic carbocycles. The third-order valence-electron chi connectivity index (χ3n) is 13.0. The van der Waals surface area contributed by atoms with E-state index >= 15 is 0 Å². The van der Waals surface area contributed by atoms with Gasteiger partial charge in [-0.2, -0.15) is 0 Å². The van der Waals surface area contributed by atoms with Crippen LogP contribution in [0.3, 0.4) is 0 Å². The van der Waals surface area contributed by atoms with Crippen LogP contribution in [-0.2, 0) is 37.1 Å². The number of rotatable bonds is 15. The minimum Gasteiger partial charge on any atom is -0.481 e. The molecule has 0 saturated carbocycles. The van der Waals surface area contributed by atoms with Gasteiger partial charge in [0.25, 0.3) is 11.8 Å². The Morgan fingerprint density at radius 2 is 1.00 bits per heavy atom. The minimum atomic E-state index is -1.25. The molecule has 0 spiro atoms. The summed E-state index contributed by atoms with van der Waals surface area (Å²) < 4.78 is 0. The molecule has 8 amide bonds. The fraction of sp³-hybridized carbons (Fsp3) is 0.377. The van der Waals surface area contributed by atoms with Crippen molar-refractivity contribution in [2.24, 2.45) is 28.9 Å². The van der Waals surface area contributed by atoms with E-state index in [4.69, 9.17) is 34.4 Å². The first-order chi connectivity index (χ1) is 36.7. The van der Waals surface area contributed by atoms with Gasteiger partial charge in [0.05, 0.1) is 11.1 Å². The van der Waals surface area contributed by atoms with E-state index in [2.05, 4.69) is 42.5 Å². The number of nitrogen functional groups attached to an aromatic ring is 2. The molecule has 77 heavy (non-hydrogen) atoms. The normalized spacial score (nSPS) is 18.4. The average Bonchev–Trinajstić information content (AvgIpc) is 3.39. The van der Waals surface area contributed by atoms with Gasteiger partial charge in [-0.3, -0.25) is 43.2 Å². The lowest BCUT2D eigenvalue weighted by Crippen LogP contribution is -2.55. The highest BCUT2D eigenvalue weighted by Crippen LogP contribution is 2.27. The summed E-state index contributed by atoms with van der Waals surface area (Å²) in [5, 5.41) is 32.1. The molecule has 2 aliphatic rings. The molecule has 0 saturated heterocycles. The van der Waals surface area contributed by atoms with Crippen molar-refractivity contribution in [1.82, 2.24) is 21.3 Å². The molecule has 412 valence electrons. The summed E-state index contributed by atoms with van der Waals surface area (Å²) in [6.07, 6.45) is 3.00. The Balaban J connectivity index is 0.000000284. The van der Waals surface area contributed by atoms with Crippen LogP contribution in [0.2, 0.25) is 0 Å². The average molecular weight is 1060 g/mol. The molecule has 0 bridgehead atoms. The number of amides is 8. The Labute approximate surface area is 445 Å². The number of unbranched alkanes of at least 4 members (excludes halogenated alkanes) is 2. The van der Waals surface area contributed by atoms with Crippen molar-refractivity contribution >= 4 is 87.4 Å². The van der Waals surface area contributed by atoms with Gasteiger partial charge in [0, 0.05) is 64.8 Å². The van der Waals surface area contributed by atoms with Gasteiger partial charge in [-0.25, -0.2) is 0 Å². The predicted molar refractivity (Wildman–Crippen MR) is 292 cm³/mol. The van der Waals surface area contributed by atoms with Crippen molar-refractivity contribution in [1.29, 1.82) is 0 Å². The van der Waals surface area contributed by atoms with Crippen molar-refractivity contribution in [2.75, 3.05) is 45.8 Å². The van der Waals surface area contributed by atoms with Crippen molar-refractivity contribution in [3.8, 4) is 0 Å². The quantitative estimate of drug-likeness (QED) is 0.0599. The van der Waals surface area contributed by atoms with Gasteiger partial charge in [0.2, 0.25) is 35.4 Å². The predicted octanol–water partition coefficient (Wildman–Crippen LogP) is 2.20. The molecule has 0 fully saturated rings. The molecule has 24 nitrogen and oxygen atoms in total. The standard InChI is InChI=1S/C27H37N7O4.C26H33N7O6/c1-3-15(2)23-27(38)32-21(6-4-5-11-28)26(37)33-22-12-16(24(30)35)7-8-17(22)14-31-20-10-9-18(29)13-19(20)25(36)34-23;27-10-2-1-3-19-25(38)33-21-11-14(23(29)36)4-5-15(21)13-30-18-7-6-16(28)12-17(18)24(37)31-20(26(39)32-19)8-9-22(34)35/h7-10,12-13,15,21,23,31H,3-6,11,14,28-29H2,1-2H3,(H2,30,35)(H,32,38)(H,33,37)(H,34,36);4-7,11-12,19-20,30H,1-3,8-10,13,27-28H2,(H2,29,36)(H,31,37)(H,32,39)(H,33,38)(H,34,35)/t15-,21-,23-;19-,20?/m00/s1. The second-order valence-corrected chi connectivity index (χ2v) is 18.8. The van der Waals surface area contributed by atoms with E-state index in [-0.39, 0.29) is 54.1 Å². The van der Waals surface area contributed by atoms with Gasteiger partial charge < -0.3 is 82.0 Å². The number of hydrogen-bond donors (Lipinski definition) is 15. The minimum absolute atomic E-state index is 0.138. The number of primary amides is 2. The Kier molecular flexibility index (Phi) is 21.7. The zero-order valence-electron chi connectivity index (χ0n) is 43.1. The first kappa shape index (κ1) is 59.1. The van der Waals surface area contributed by atoms with Gasteiger partial charge in [-0.05, 0) is 136 Å². The molecule has 0 aromatic heterocycles. The molecule has 2 heterocycles. The molecule has 21 N–H and O–H groups in total. The van der Waals surface area contributed by atoms with Gasteiger partial charge in [-0.1, -0.05) is 32.4 Å². The van der Waals surface area contributed by atoms with E-state index in [0.717, 1.165) is 0 Å². The SMILES string of the molecule is CC[C@H](C)[C@@H]1NC(=O)c2cc(N)ccc2NCc2ccc(C(N)=O)cc2NC(=O)[C@H](CCCCN)NC1=O.NCCCC[C@@H]1NC(=O)C(CCC(=O)O)NC(=O)c2cc(N)ccc2NCc2ccc(C(N)=O)cc2NC1=O. The summed E-state index contributed by atoms with van der Waals surface area (Å²) in [5.41, 5.74) is 38.3. The fourth-order valence-electron chi connectivity index (χ4n) is 8.38. The smallest absolute Gasteiger partial charge is 0.303 e. The molecule has 24 heteroatoms. The highest BCUT2D eigenvalue weighted by Gasteiger charge is 2.33. The maximum atomic E-state index is 13.5. The van der Waals surface area contributed by atoms with Crippen LogP contribution in [0.4, 0.5) is 34.1 Å². The van der Waals surface area contributed by atoms with Gasteiger partial charge >= 0.3 is 5.97 Å². The number of hydrogen-bond acceptors (Lipinski definition) is 15. The van der Waals surface area contributed by atoms with Crippen LogP contribution in [0.15, 0.2) is 72.8 Å². The van der Waals surface area contributed by atoms with Crippen molar-refractivity contribution < 1.29 is 48.3 Å². The van der Waals surface area contributed by atoms with E-state index < -0.39 is 83.8 Å². The lowest BCUT2D eigenvalue weighted by Gasteiger charge is -2.28. The van der Waals surface area contributed by atoms with Crippen LogP contribution in [-0.4, -0.2) is 95.6 Å². The van der Waals surface area contributed by atoms with E-state index in [1.54, 1.807) is 48.5 Å². The summed E-state index contributed by atoms with van der Waals surface area (Å²) in [5.74, 6) is -6.01. The largest absolute Gasteiger partial charge is 0.481 e. The molecule has 0 aliphatic carbocycles. The van der Waals surface area contributed by atoms with Gasteiger partial charge in [-0.15, -0.1) is 0 Å². The lowest BCUT2D eigenvalue weighted by atomic mass is 9.96. The number of nitrogens with one attached hydrogen (secondary N) is 8. The molecule has 0 radical (unpaired) electrons. The van der Waals surface area contributed by atoms with Gasteiger partial charge in [0.1, 0.15) is 24.2 Å². The van der Waals surface area contributed by atoms with Gasteiger partial charge in [0.15, 0.2) is 0 Å². The van der Waals surface area contributed by atoms with Crippen LogP contribution in [0.25, 0.3) is 0 Å². The van der Waals surface area contributed by atoms with Crippen LogP contribution in [0, 0.1) is 5.92 Å². The van der Waals surface area contributed by atoms with Crippen molar-refractivity contribution in [3.05, 3.63) is 106 Å². The number of fused-ring (bicyclic) bond motifs is 4. The molecule has 6 rings (SSSR count). The van der Waals surface area contributed by atoms with Crippen LogP contribution >= 0.6 is 0 Å². The lowest BCUT2D eigenvalue weighted by molar-refractivity contribution is -0.137. The number of aliphatic carboxylic acids is 1. The topological polar surface area (TPSA) is 426 Å². The molecule has 1 unspecified atom stereocenters. The number of carbonyl (C=O) groups is 9. The summed E-state index contributed by atoms with van der Waals surface area (Å²) in [7, 11) is 0. The molecule has 5 atom stereocenters. The monoisotopic (exact) mass is 1060 g/mol. The van der Waals surface area contributed by atoms with Crippen molar-refractivity contribution in [3.63, 3.8) is 0 Å². The summed E-state index contributed by atoms with van der Waals surface area (Å²) >= 11 is 0. The molecular weight excluding hydrogens is 993 g/mol. The van der Waals surface area contributed by atoms with Crippen molar-refractivity contribution in [2.45, 2.75) is 109 Å². The van der Waals surface area contributed by atoms with Crippen LogP contribution in [0.1, 0.15) is 124 Å². The van der Waals surface area contributed by atoms with E-state index in [9.17, 15) is 48.3 Å². The Bertz CT molecular complexity index is 2840. The summed E-state index contributed by atoms with van der Waals surface area (Å²) in [6, 6.07) is 14.8. The number of anilines is 6. The number of nitrogens with two attached hydrogens (primary N) is 6. The second kappa shape index (κ2) is 28.2. The first-order valence-electron chi connectivity index (χ1n) is 25.3. The number of carboxylic acids is 1. The zero-order valence-corrected chi connectivity index (χ0v) is 43.1. The highest BCUT2D eigenvalue weighted by molar-refractivity contribution is 6.06. The Morgan fingerprint density at radius 1 is 0.558 bits per heavy atom.